The molecule has 1 saturated heterocycles. The first-order valence-corrected chi connectivity index (χ1v) is 5.08. The zero-order valence-electron chi connectivity index (χ0n) is 9.06. The van der Waals surface area contributed by atoms with Gasteiger partial charge < -0.3 is 9.84 Å². The number of aliphatic hydroxyl groups excluding tert-OH is 1. The van der Waals surface area contributed by atoms with Crippen molar-refractivity contribution in [3.8, 4) is 0 Å². The van der Waals surface area contributed by atoms with E-state index in [9.17, 15) is 9.90 Å². The largest absolute Gasteiger partial charge is 0.468 e. The topological polar surface area (TPSA) is 49.8 Å². The second-order valence-electron chi connectivity index (χ2n) is 4.00. The van der Waals surface area contributed by atoms with E-state index in [-0.39, 0.29) is 24.2 Å². The molecule has 1 N–H and O–H groups in total. The summed E-state index contributed by atoms with van der Waals surface area (Å²) >= 11 is 0. The number of esters is 1. The number of rotatable bonds is 4. The van der Waals surface area contributed by atoms with Crippen molar-refractivity contribution in [1.29, 1.82) is 0 Å². The van der Waals surface area contributed by atoms with Crippen LogP contribution < -0.4 is 0 Å². The molecular weight excluding hydrogens is 182 g/mol. The highest BCUT2D eigenvalue weighted by molar-refractivity contribution is 5.76. The molecule has 1 aliphatic rings. The van der Waals surface area contributed by atoms with E-state index in [0.717, 1.165) is 13.0 Å². The van der Waals surface area contributed by atoms with Gasteiger partial charge in [-0.05, 0) is 26.7 Å². The van der Waals surface area contributed by atoms with Gasteiger partial charge in [0, 0.05) is 12.6 Å². The van der Waals surface area contributed by atoms with Gasteiger partial charge in [0.1, 0.15) is 6.04 Å². The van der Waals surface area contributed by atoms with Gasteiger partial charge in [-0.1, -0.05) is 0 Å². The first kappa shape index (κ1) is 11.5. The molecule has 1 rings (SSSR count). The van der Waals surface area contributed by atoms with Crippen LogP contribution in [0.4, 0.5) is 0 Å². The fourth-order valence-corrected chi connectivity index (χ4v) is 1.95. The third kappa shape index (κ3) is 2.45. The molecule has 0 aromatic rings. The molecule has 0 aliphatic carbocycles. The Morgan fingerprint density at radius 3 is 2.64 bits per heavy atom. The highest BCUT2D eigenvalue weighted by atomic mass is 16.5. The third-order valence-corrected chi connectivity index (χ3v) is 2.78. The number of ether oxygens (including phenoxy) is 1. The van der Waals surface area contributed by atoms with E-state index in [2.05, 4.69) is 4.90 Å². The predicted octanol–water partition coefficient (Wildman–Crippen LogP) is 0.393. The minimum absolute atomic E-state index is 0.0891. The Morgan fingerprint density at radius 1 is 1.64 bits per heavy atom. The van der Waals surface area contributed by atoms with Crippen molar-refractivity contribution in [3.63, 3.8) is 0 Å². The van der Waals surface area contributed by atoms with Crippen LogP contribution in [0, 0.1) is 0 Å². The van der Waals surface area contributed by atoms with Gasteiger partial charge in [-0.3, -0.25) is 9.69 Å². The normalized spacial score (nSPS) is 26.4. The minimum atomic E-state index is -0.316. The summed E-state index contributed by atoms with van der Waals surface area (Å²) in [6, 6.07) is 0.154. The van der Waals surface area contributed by atoms with Gasteiger partial charge in [0.15, 0.2) is 0 Å². The first-order valence-electron chi connectivity index (χ1n) is 5.08. The SMILES string of the molecule is COC(=O)C1CCN1C(C)CC(C)O. The lowest BCUT2D eigenvalue weighted by molar-refractivity contribution is -0.154. The second-order valence-corrected chi connectivity index (χ2v) is 4.00. The van der Waals surface area contributed by atoms with Crippen LogP contribution in [-0.2, 0) is 9.53 Å². The van der Waals surface area contributed by atoms with E-state index >= 15 is 0 Å². The zero-order valence-corrected chi connectivity index (χ0v) is 9.06. The van der Waals surface area contributed by atoms with Crippen molar-refractivity contribution in [2.45, 2.75) is 44.9 Å². The van der Waals surface area contributed by atoms with Crippen molar-refractivity contribution in [3.05, 3.63) is 0 Å². The van der Waals surface area contributed by atoms with Gasteiger partial charge in [-0.15, -0.1) is 0 Å². The summed E-state index contributed by atoms with van der Waals surface area (Å²) in [7, 11) is 1.41. The van der Waals surface area contributed by atoms with E-state index in [0.29, 0.717) is 6.42 Å². The van der Waals surface area contributed by atoms with Crippen molar-refractivity contribution in [2.75, 3.05) is 13.7 Å². The number of likely N-dealkylation sites (tertiary alicyclic amines) is 1. The Balaban J connectivity index is 2.41. The zero-order chi connectivity index (χ0) is 10.7. The maximum Gasteiger partial charge on any atom is 0.323 e. The minimum Gasteiger partial charge on any atom is -0.468 e. The summed E-state index contributed by atoms with van der Waals surface area (Å²) in [4.78, 5) is 13.4. The fraction of sp³-hybridized carbons (Fsp3) is 0.900. The maximum atomic E-state index is 11.3. The van der Waals surface area contributed by atoms with Gasteiger partial charge in [-0.2, -0.15) is 0 Å². The van der Waals surface area contributed by atoms with Crippen LogP contribution in [0.2, 0.25) is 0 Å². The molecule has 0 saturated carbocycles. The third-order valence-electron chi connectivity index (χ3n) is 2.78. The Labute approximate surface area is 84.8 Å². The summed E-state index contributed by atoms with van der Waals surface area (Å²) < 4.78 is 4.70. The highest BCUT2D eigenvalue weighted by Crippen LogP contribution is 2.23. The van der Waals surface area contributed by atoms with E-state index in [4.69, 9.17) is 4.74 Å². The molecule has 4 heteroatoms. The van der Waals surface area contributed by atoms with Crippen LogP contribution in [-0.4, -0.2) is 47.8 Å². The van der Waals surface area contributed by atoms with Crippen molar-refractivity contribution in [1.82, 2.24) is 4.90 Å². The lowest BCUT2D eigenvalue weighted by Gasteiger charge is -2.43. The van der Waals surface area contributed by atoms with Crippen molar-refractivity contribution in [2.24, 2.45) is 0 Å². The smallest absolute Gasteiger partial charge is 0.323 e. The average molecular weight is 201 g/mol. The van der Waals surface area contributed by atoms with E-state index in [1.165, 1.54) is 7.11 Å². The van der Waals surface area contributed by atoms with Crippen LogP contribution in [0.3, 0.4) is 0 Å². The molecule has 3 atom stereocenters. The standard InChI is InChI=1S/C10H19NO3/c1-7(6-8(2)12)11-5-4-9(11)10(13)14-3/h7-9,12H,4-6H2,1-3H3. The molecule has 1 aliphatic heterocycles. The molecule has 82 valence electrons. The molecule has 0 bridgehead atoms. The van der Waals surface area contributed by atoms with Gasteiger partial charge in [-0.25, -0.2) is 0 Å². The molecule has 4 nitrogen and oxygen atoms in total. The van der Waals surface area contributed by atoms with Crippen molar-refractivity contribution >= 4 is 5.97 Å². The summed E-state index contributed by atoms with van der Waals surface area (Å²) in [6.07, 6.45) is 1.26. The summed E-state index contributed by atoms with van der Waals surface area (Å²) in [5, 5.41) is 9.23. The van der Waals surface area contributed by atoms with Gasteiger partial charge >= 0.3 is 5.97 Å². The van der Waals surface area contributed by atoms with Gasteiger partial charge in [0.25, 0.3) is 0 Å². The predicted molar refractivity (Wildman–Crippen MR) is 52.9 cm³/mol. The molecule has 0 amide bonds. The van der Waals surface area contributed by atoms with Crippen LogP contribution in [0.1, 0.15) is 26.7 Å². The van der Waals surface area contributed by atoms with E-state index < -0.39 is 0 Å². The summed E-state index contributed by atoms with van der Waals surface area (Å²) in [6.45, 7) is 4.72. The second kappa shape index (κ2) is 4.75. The van der Waals surface area contributed by atoms with Crippen LogP contribution in [0.5, 0.6) is 0 Å². The molecule has 0 aromatic heterocycles. The number of nitrogens with zero attached hydrogens (tertiary/aromatic N) is 1. The van der Waals surface area contributed by atoms with E-state index in [1.54, 1.807) is 6.92 Å². The van der Waals surface area contributed by atoms with Gasteiger partial charge in [0.2, 0.25) is 0 Å². The molecule has 1 fully saturated rings. The lowest BCUT2D eigenvalue weighted by Crippen LogP contribution is -2.56. The van der Waals surface area contributed by atoms with Crippen molar-refractivity contribution < 1.29 is 14.6 Å². The molecule has 3 unspecified atom stereocenters. The number of hydrogen-bond acceptors (Lipinski definition) is 4. The van der Waals surface area contributed by atoms with Crippen LogP contribution in [0.15, 0.2) is 0 Å². The average Bonchev–Trinajstić information content (AvgIpc) is 2.00. The molecule has 0 aromatic carbocycles. The molecule has 14 heavy (non-hydrogen) atoms. The summed E-state index contributed by atoms with van der Waals surface area (Å²) in [5.41, 5.74) is 0. The monoisotopic (exact) mass is 201 g/mol. The maximum absolute atomic E-state index is 11.3. The number of hydrogen-bond donors (Lipinski definition) is 1. The van der Waals surface area contributed by atoms with Crippen LogP contribution >= 0.6 is 0 Å². The van der Waals surface area contributed by atoms with E-state index in [1.807, 2.05) is 6.92 Å². The quantitative estimate of drug-likeness (QED) is 0.669. The Morgan fingerprint density at radius 2 is 2.29 bits per heavy atom. The van der Waals surface area contributed by atoms with Crippen LogP contribution in [0.25, 0.3) is 0 Å². The molecule has 0 radical (unpaired) electrons. The fourth-order valence-electron chi connectivity index (χ4n) is 1.95. The number of carbonyl (C=O) groups excluding carboxylic acids is 1. The molecular formula is C10H19NO3. The summed E-state index contributed by atoms with van der Waals surface area (Å²) in [5.74, 6) is -0.159. The number of carbonyl (C=O) groups is 1. The number of aliphatic hydroxyl groups is 1. The number of methoxy groups -OCH3 is 1. The lowest BCUT2D eigenvalue weighted by atomic mass is 9.98. The molecule has 0 spiro atoms. The Bertz CT molecular complexity index is 206. The first-order chi connectivity index (χ1) is 6.56. The Kier molecular flexibility index (Phi) is 3.89. The highest BCUT2D eigenvalue weighted by Gasteiger charge is 2.37. The van der Waals surface area contributed by atoms with Gasteiger partial charge in [0.05, 0.1) is 13.2 Å². The Hall–Kier alpha value is -0.610. The molecule has 1 heterocycles.